The Balaban J connectivity index is 1.42. The Morgan fingerprint density at radius 1 is 0.750 bits per heavy atom. The molecule has 2 aromatic rings. The summed E-state index contributed by atoms with van der Waals surface area (Å²) >= 11 is 3.44. The molecule has 0 bridgehead atoms. The molecule has 0 N–H and O–H groups in total. The first kappa shape index (κ1) is 15.6. The van der Waals surface area contributed by atoms with Gasteiger partial charge in [-0.25, -0.2) is 9.97 Å². The van der Waals surface area contributed by atoms with Crippen molar-refractivity contribution in [2.24, 2.45) is 0 Å². The first-order valence-corrected chi connectivity index (χ1v) is 9.28. The Kier molecular flexibility index (Phi) is 4.51. The molecule has 0 aromatic carbocycles. The average Bonchev–Trinajstić information content (AvgIpc) is 3.17. The highest BCUT2D eigenvalue weighted by atomic mass is 79.9. The predicted molar refractivity (Wildman–Crippen MR) is 99.8 cm³/mol. The van der Waals surface area contributed by atoms with E-state index in [1.807, 2.05) is 24.5 Å². The number of hydrogen-bond donors (Lipinski definition) is 0. The summed E-state index contributed by atoms with van der Waals surface area (Å²) in [6, 6.07) is 6.13. The summed E-state index contributed by atoms with van der Waals surface area (Å²) in [7, 11) is 0. The van der Waals surface area contributed by atoms with E-state index in [2.05, 4.69) is 46.7 Å². The fourth-order valence-corrected chi connectivity index (χ4v) is 3.54. The number of nitrogens with zero attached hydrogens (tertiary/aromatic N) is 6. The van der Waals surface area contributed by atoms with Gasteiger partial charge in [0.05, 0.1) is 0 Å². The number of pyridine rings is 1. The highest BCUT2D eigenvalue weighted by molar-refractivity contribution is 9.10. The molecule has 6 nitrogen and oxygen atoms in total. The second kappa shape index (κ2) is 6.93. The molecule has 2 fully saturated rings. The number of anilines is 3. The predicted octanol–water partition coefficient (Wildman–Crippen LogP) is 2.56. The molecule has 2 saturated heterocycles. The number of rotatable bonds is 3. The van der Waals surface area contributed by atoms with E-state index in [4.69, 9.17) is 4.98 Å². The smallest absolute Gasteiger partial charge is 0.227 e. The van der Waals surface area contributed by atoms with Crippen molar-refractivity contribution in [1.29, 1.82) is 0 Å². The minimum absolute atomic E-state index is 0.877. The number of aromatic nitrogens is 3. The molecule has 126 valence electrons. The Morgan fingerprint density at radius 2 is 1.46 bits per heavy atom. The number of piperazine rings is 1. The third kappa shape index (κ3) is 3.31. The van der Waals surface area contributed by atoms with E-state index >= 15 is 0 Å². The molecule has 2 aliphatic heterocycles. The van der Waals surface area contributed by atoms with Gasteiger partial charge in [0.1, 0.15) is 11.6 Å². The van der Waals surface area contributed by atoms with Crippen LogP contribution < -0.4 is 14.7 Å². The summed E-state index contributed by atoms with van der Waals surface area (Å²) < 4.78 is 1.01. The van der Waals surface area contributed by atoms with Gasteiger partial charge in [0, 0.05) is 56.1 Å². The van der Waals surface area contributed by atoms with Crippen LogP contribution in [0, 0.1) is 0 Å². The molecule has 7 heteroatoms. The largest absolute Gasteiger partial charge is 0.353 e. The third-order valence-electron chi connectivity index (χ3n) is 4.66. The van der Waals surface area contributed by atoms with Crippen molar-refractivity contribution in [3.8, 4) is 0 Å². The lowest BCUT2D eigenvalue weighted by Crippen LogP contribution is -2.47. The van der Waals surface area contributed by atoms with E-state index in [1.54, 1.807) is 0 Å². The highest BCUT2D eigenvalue weighted by Gasteiger charge is 2.21. The summed E-state index contributed by atoms with van der Waals surface area (Å²) in [6.07, 6.45) is 6.23. The van der Waals surface area contributed by atoms with Gasteiger partial charge in [0.25, 0.3) is 0 Å². The van der Waals surface area contributed by atoms with Gasteiger partial charge in [0.2, 0.25) is 5.95 Å². The number of hydrogen-bond acceptors (Lipinski definition) is 6. The maximum absolute atomic E-state index is 4.79. The maximum Gasteiger partial charge on any atom is 0.227 e. The van der Waals surface area contributed by atoms with Gasteiger partial charge < -0.3 is 14.7 Å². The third-order valence-corrected chi connectivity index (χ3v) is 5.13. The van der Waals surface area contributed by atoms with Gasteiger partial charge in [-0.2, -0.15) is 4.98 Å². The second-order valence-corrected chi connectivity index (χ2v) is 7.13. The summed E-state index contributed by atoms with van der Waals surface area (Å²) in [5.74, 6) is 2.95. The Hall–Kier alpha value is -1.89. The van der Waals surface area contributed by atoms with Crippen LogP contribution in [0.3, 0.4) is 0 Å². The SMILES string of the molecule is Brc1ccc(N2CCN(c3ccnc(N4CCCC4)n3)CC2)nc1. The van der Waals surface area contributed by atoms with Crippen LogP contribution in [0.15, 0.2) is 35.1 Å². The van der Waals surface area contributed by atoms with Gasteiger partial charge in [-0.15, -0.1) is 0 Å². The van der Waals surface area contributed by atoms with E-state index in [0.29, 0.717) is 0 Å². The summed E-state index contributed by atoms with van der Waals surface area (Å²) in [4.78, 5) is 20.7. The zero-order valence-electron chi connectivity index (χ0n) is 13.6. The van der Waals surface area contributed by atoms with E-state index in [1.165, 1.54) is 12.8 Å². The summed E-state index contributed by atoms with van der Waals surface area (Å²) in [5.41, 5.74) is 0. The van der Waals surface area contributed by atoms with Gasteiger partial charge >= 0.3 is 0 Å². The normalized spacial score (nSPS) is 18.3. The van der Waals surface area contributed by atoms with Gasteiger partial charge in [-0.3, -0.25) is 0 Å². The van der Waals surface area contributed by atoms with E-state index in [9.17, 15) is 0 Å². The van der Waals surface area contributed by atoms with E-state index in [0.717, 1.165) is 61.3 Å². The van der Waals surface area contributed by atoms with Gasteiger partial charge in [-0.05, 0) is 47.0 Å². The quantitative estimate of drug-likeness (QED) is 0.804. The molecule has 24 heavy (non-hydrogen) atoms. The zero-order valence-corrected chi connectivity index (χ0v) is 15.2. The van der Waals surface area contributed by atoms with Crippen LogP contribution in [-0.2, 0) is 0 Å². The molecule has 2 aliphatic rings. The van der Waals surface area contributed by atoms with Crippen molar-refractivity contribution in [2.75, 3.05) is 54.0 Å². The summed E-state index contributed by atoms with van der Waals surface area (Å²) in [6.45, 7) is 5.97. The van der Waals surface area contributed by atoms with Crippen LogP contribution in [0.2, 0.25) is 0 Å². The van der Waals surface area contributed by atoms with Crippen molar-refractivity contribution in [3.05, 3.63) is 35.1 Å². The highest BCUT2D eigenvalue weighted by Crippen LogP contribution is 2.21. The first-order valence-electron chi connectivity index (χ1n) is 8.49. The van der Waals surface area contributed by atoms with Crippen molar-refractivity contribution >= 4 is 33.5 Å². The van der Waals surface area contributed by atoms with Crippen LogP contribution in [0.5, 0.6) is 0 Å². The lowest BCUT2D eigenvalue weighted by atomic mass is 10.3. The monoisotopic (exact) mass is 388 g/mol. The molecule has 0 amide bonds. The minimum atomic E-state index is 0.877. The molecule has 4 heterocycles. The topological polar surface area (TPSA) is 48.4 Å². The Morgan fingerprint density at radius 3 is 2.12 bits per heavy atom. The molecule has 0 unspecified atom stereocenters. The molecule has 0 aliphatic carbocycles. The molecule has 4 rings (SSSR count). The molecule has 0 atom stereocenters. The van der Waals surface area contributed by atoms with Crippen LogP contribution in [0.4, 0.5) is 17.6 Å². The fourth-order valence-electron chi connectivity index (χ4n) is 3.30. The van der Waals surface area contributed by atoms with Crippen molar-refractivity contribution in [1.82, 2.24) is 15.0 Å². The second-order valence-electron chi connectivity index (χ2n) is 6.22. The van der Waals surface area contributed by atoms with Crippen LogP contribution >= 0.6 is 15.9 Å². The summed E-state index contributed by atoms with van der Waals surface area (Å²) in [5, 5.41) is 0. The van der Waals surface area contributed by atoms with Crippen LogP contribution in [-0.4, -0.2) is 54.2 Å². The molecule has 0 radical (unpaired) electrons. The average molecular weight is 389 g/mol. The van der Waals surface area contributed by atoms with Crippen LogP contribution in [0.1, 0.15) is 12.8 Å². The van der Waals surface area contributed by atoms with Crippen molar-refractivity contribution < 1.29 is 0 Å². The van der Waals surface area contributed by atoms with Crippen LogP contribution in [0.25, 0.3) is 0 Å². The molecular formula is C17H21BrN6. The van der Waals surface area contributed by atoms with Crippen molar-refractivity contribution in [3.63, 3.8) is 0 Å². The fraction of sp³-hybridized carbons (Fsp3) is 0.471. The standard InChI is InChI=1S/C17H21BrN6/c18-14-3-4-15(20-13-14)22-9-11-23(12-10-22)16-5-6-19-17(21-16)24-7-1-2-8-24/h3-6,13H,1-2,7-12H2. The zero-order chi connectivity index (χ0) is 16.4. The van der Waals surface area contributed by atoms with E-state index < -0.39 is 0 Å². The lowest BCUT2D eigenvalue weighted by molar-refractivity contribution is 0.640. The maximum atomic E-state index is 4.79. The Labute approximate surface area is 150 Å². The molecule has 2 aromatic heterocycles. The minimum Gasteiger partial charge on any atom is -0.353 e. The Bertz CT molecular complexity index is 678. The molecule has 0 spiro atoms. The van der Waals surface area contributed by atoms with Gasteiger partial charge in [0.15, 0.2) is 0 Å². The lowest BCUT2D eigenvalue weighted by Gasteiger charge is -2.36. The molecular weight excluding hydrogens is 368 g/mol. The molecule has 0 saturated carbocycles. The first-order chi connectivity index (χ1) is 11.8. The van der Waals surface area contributed by atoms with E-state index in [-0.39, 0.29) is 0 Å². The van der Waals surface area contributed by atoms with Crippen molar-refractivity contribution in [2.45, 2.75) is 12.8 Å². The van der Waals surface area contributed by atoms with Gasteiger partial charge in [-0.1, -0.05) is 0 Å². The number of halogens is 1.